The van der Waals surface area contributed by atoms with Crippen molar-refractivity contribution in [1.29, 1.82) is 0 Å². The van der Waals surface area contributed by atoms with Gasteiger partial charge >= 0.3 is 5.97 Å². The minimum atomic E-state index is -1.47. The van der Waals surface area contributed by atoms with Crippen molar-refractivity contribution in [3.63, 3.8) is 0 Å². The van der Waals surface area contributed by atoms with E-state index >= 15 is 0 Å². The van der Waals surface area contributed by atoms with Crippen molar-refractivity contribution in [2.75, 3.05) is 0 Å². The van der Waals surface area contributed by atoms with Gasteiger partial charge in [0, 0.05) is 34.1 Å². The van der Waals surface area contributed by atoms with Gasteiger partial charge in [-0.25, -0.2) is 9.78 Å². The Morgan fingerprint density at radius 2 is 1.65 bits per heavy atom. The molecule has 1 unspecified atom stereocenters. The first-order valence-corrected chi connectivity index (χ1v) is 14.7. The maximum Gasteiger partial charge on any atom is 0.337 e. The second-order valence-corrected chi connectivity index (χ2v) is 12.2. The van der Waals surface area contributed by atoms with Crippen LogP contribution in [0.1, 0.15) is 56.2 Å². The van der Waals surface area contributed by atoms with Crippen LogP contribution in [-0.4, -0.2) is 30.8 Å². The summed E-state index contributed by atoms with van der Waals surface area (Å²) in [6.07, 6.45) is -1.47. The Kier molecular flexibility index (Phi) is 8.07. The Morgan fingerprint density at radius 3 is 2.26 bits per heavy atom. The summed E-state index contributed by atoms with van der Waals surface area (Å²) in [4.78, 5) is 33.0. The number of aryl methyl sites for hydroxylation is 3. The summed E-state index contributed by atoms with van der Waals surface area (Å²) in [5.41, 5.74) is 5.47. The van der Waals surface area contributed by atoms with E-state index < -0.39 is 17.7 Å². The average molecular weight is 598 g/mol. The number of aromatic nitrogens is 3. The first-order valence-electron chi connectivity index (χ1n) is 14.3. The number of benzene rings is 3. The summed E-state index contributed by atoms with van der Waals surface area (Å²) < 4.78 is 9.87. The van der Waals surface area contributed by atoms with E-state index in [1.54, 1.807) is 37.5 Å². The second kappa shape index (κ2) is 11.5. The molecule has 0 bridgehead atoms. The number of pyridine rings is 1. The highest BCUT2D eigenvalue weighted by molar-refractivity contribution is 6.30. The first kappa shape index (κ1) is 30.3. The topological polar surface area (TPSA) is 86.4 Å². The molecule has 2 heterocycles. The van der Waals surface area contributed by atoms with Gasteiger partial charge < -0.3 is 14.4 Å². The van der Waals surface area contributed by atoms with Gasteiger partial charge in [-0.2, -0.15) is 0 Å². The van der Waals surface area contributed by atoms with Gasteiger partial charge in [-0.3, -0.25) is 9.36 Å². The number of nitrogens with zero attached hydrogens (tertiary/aromatic N) is 3. The minimum Gasteiger partial charge on any atom is -0.479 e. The van der Waals surface area contributed by atoms with Gasteiger partial charge in [0.05, 0.1) is 22.2 Å². The molecule has 0 spiro atoms. The monoisotopic (exact) mass is 597 g/mol. The lowest BCUT2D eigenvalue weighted by atomic mass is 9.89. The van der Waals surface area contributed by atoms with Crippen LogP contribution < -0.4 is 5.56 Å². The molecule has 43 heavy (non-hydrogen) atoms. The second-order valence-electron chi connectivity index (χ2n) is 11.8. The van der Waals surface area contributed by atoms with Gasteiger partial charge in [-0.15, -0.1) is 0 Å². The highest BCUT2D eigenvalue weighted by Crippen LogP contribution is 2.41. The van der Waals surface area contributed by atoms with Crippen LogP contribution in [0.4, 0.5) is 0 Å². The number of carbonyl (C=O) groups is 1. The van der Waals surface area contributed by atoms with E-state index in [1.165, 1.54) is 0 Å². The van der Waals surface area contributed by atoms with Crippen molar-refractivity contribution in [3.05, 3.63) is 104 Å². The van der Waals surface area contributed by atoms with Crippen LogP contribution in [0.2, 0.25) is 5.02 Å². The van der Waals surface area contributed by atoms with E-state index in [4.69, 9.17) is 21.3 Å². The van der Waals surface area contributed by atoms with Crippen LogP contribution in [0.3, 0.4) is 0 Å². The fourth-order valence-electron chi connectivity index (χ4n) is 5.62. The highest BCUT2D eigenvalue weighted by atomic mass is 35.5. The zero-order chi connectivity index (χ0) is 31.2. The lowest BCUT2D eigenvalue weighted by Crippen LogP contribution is -2.33. The van der Waals surface area contributed by atoms with Crippen molar-refractivity contribution >= 4 is 28.6 Å². The van der Waals surface area contributed by atoms with E-state index in [-0.39, 0.29) is 16.7 Å². The van der Waals surface area contributed by atoms with Crippen LogP contribution in [0.15, 0.2) is 71.5 Å². The van der Waals surface area contributed by atoms with Gasteiger partial charge in [0.2, 0.25) is 0 Å². The maximum atomic E-state index is 14.9. The number of carboxylic acids is 1. The molecule has 0 saturated heterocycles. The number of ether oxygens (including phenoxy) is 1. The Labute approximate surface area is 256 Å². The van der Waals surface area contributed by atoms with Gasteiger partial charge in [0.25, 0.3) is 5.56 Å². The number of para-hydroxylation sites is 2. The zero-order valence-electron chi connectivity index (χ0n) is 25.5. The van der Waals surface area contributed by atoms with E-state index in [9.17, 15) is 14.7 Å². The molecule has 5 aromatic rings. The van der Waals surface area contributed by atoms with Crippen molar-refractivity contribution < 1.29 is 14.6 Å². The van der Waals surface area contributed by atoms with E-state index in [1.807, 2.05) is 86.9 Å². The lowest BCUT2D eigenvalue weighted by molar-refractivity contribution is -0.160. The number of fused-ring (bicyclic) bond motifs is 1. The molecule has 0 radical (unpaired) electrons. The molecule has 7 nitrogen and oxygen atoms in total. The van der Waals surface area contributed by atoms with Gasteiger partial charge in [-0.1, -0.05) is 41.9 Å². The summed E-state index contributed by atoms with van der Waals surface area (Å²) in [5.74, 6) is -0.812. The number of aliphatic carboxylic acids is 1. The SMILES string of the molecule is CCn1c(-c2c(C(OC(C)(C)C)C(=O)O)c(-c3ccc(Cl)cc3)c(C)n(-c3ccc(C)c(C)c3)c2=O)nc2ccccc21. The molecular formula is C35H36ClN3O4. The molecule has 2 aromatic heterocycles. The fraction of sp³-hybridized carbons (Fsp3) is 0.286. The third kappa shape index (κ3) is 5.63. The Balaban J connectivity index is 2.05. The van der Waals surface area contributed by atoms with Crippen LogP contribution in [0.5, 0.6) is 0 Å². The quantitative estimate of drug-likeness (QED) is 0.205. The molecule has 0 aliphatic heterocycles. The fourth-order valence-corrected chi connectivity index (χ4v) is 5.74. The first-order chi connectivity index (χ1) is 20.3. The van der Waals surface area contributed by atoms with Gasteiger partial charge in [-0.05, 0) is 102 Å². The third-order valence-corrected chi connectivity index (χ3v) is 7.94. The number of imidazole rings is 1. The standard InChI is InChI=1S/C35H36ClN3O4/c1-8-38-27-12-10-9-11-26(27)37-32(38)30-29(31(34(41)42)43-35(5,6)7)28(23-14-16-24(36)17-15-23)22(4)39(33(30)40)25-18-13-20(2)21(3)19-25/h9-19,31H,8H2,1-7H3,(H,41,42). The zero-order valence-corrected chi connectivity index (χ0v) is 26.3. The molecule has 0 aliphatic carbocycles. The predicted molar refractivity (Wildman–Crippen MR) is 172 cm³/mol. The van der Waals surface area contributed by atoms with E-state index in [2.05, 4.69) is 0 Å². The Morgan fingerprint density at radius 1 is 0.977 bits per heavy atom. The van der Waals surface area contributed by atoms with Crippen LogP contribution in [0, 0.1) is 20.8 Å². The molecule has 222 valence electrons. The molecule has 5 rings (SSSR count). The summed E-state index contributed by atoms with van der Waals surface area (Å²) in [7, 11) is 0. The van der Waals surface area contributed by atoms with Crippen molar-refractivity contribution in [2.24, 2.45) is 0 Å². The number of rotatable bonds is 7. The number of carboxylic acid groups (broad SMARTS) is 1. The Bertz CT molecular complexity index is 1910. The van der Waals surface area contributed by atoms with E-state index in [0.717, 1.165) is 16.6 Å². The largest absolute Gasteiger partial charge is 0.479 e. The number of hydrogen-bond acceptors (Lipinski definition) is 4. The van der Waals surface area contributed by atoms with Crippen molar-refractivity contribution in [2.45, 2.75) is 66.7 Å². The van der Waals surface area contributed by atoms with Crippen LogP contribution in [-0.2, 0) is 16.1 Å². The third-order valence-electron chi connectivity index (χ3n) is 7.69. The average Bonchev–Trinajstić information content (AvgIpc) is 3.31. The van der Waals surface area contributed by atoms with Crippen LogP contribution >= 0.6 is 11.6 Å². The summed E-state index contributed by atoms with van der Waals surface area (Å²) >= 11 is 6.29. The predicted octanol–water partition coefficient (Wildman–Crippen LogP) is 8.06. The number of hydrogen-bond donors (Lipinski definition) is 1. The Hall–Kier alpha value is -4.20. The molecule has 3 aromatic carbocycles. The summed E-state index contributed by atoms with van der Waals surface area (Å²) in [6.45, 7) is 13.8. The van der Waals surface area contributed by atoms with Gasteiger partial charge in [0.15, 0.2) is 6.10 Å². The minimum absolute atomic E-state index is 0.184. The molecule has 0 aliphatic rings. The molecule has 1 N–H and O–H groups in total. The molecule has 1 atom stereocenters. The summed E-state index contributed by atoms with van der Waals surface area (Å²) in [5, 5.41) is 11.2. The van der Waals surface area contributed by atoms with E-state index in [0.29, 0.717) is 45.4 Å². The molecule has 8 heteroatoms. The molecule has 0 fully saturated rings. The van der Waals surface area contributed by atoms with Crippen molar-refractivity contribution in [1.82, 2.24) is 14.1 Å². The normalized spacial score (nSPS) is 12.6. The van der Waals surface area contributed by atoms with Gasteiger partial charge in [0.1, 0.15) is 5.82 Å². The molecular weight excluding hydrogens is 562 g/mol. The lowest BCUT2D eigenvalue weighted by Gasteiger charge is -2.30. The molecule has 0 amide bonds. The summed E-state index contributed by atoms with van der Waals surface area (Å²) in [6, 6.07) is 20.7. The maximum absolute atomic E-state index is 14.9. The highest BCUT2D eigenvalue weighted by Gasteiger charge is 2.36. The number of halogens is 1. The smallest absolute Gasteiger partial charge is 0.337 e. The van der Waals surface area contributed by atoms with Crippen LogP contribution in [0.25, 0.3) is 39.2 Å². The molecule has 0 saturated carbocycles. The van der Waals surface area contributed by atoms with Crippen molar-refractivity contribution in [3.8, 4) is 28.2 Å².